The number of hydrogen-bond acceptors (Lipinski definition) is 5. The largest absolute Gasteiger partial charge is 0.373 e. The molecule has 0 radical (unpaired) electrons. The van der Waals surface area contributed by atoms with E-state index in [0.29, 0.717) is 13.0 Å². The number of hydrogen-bond donors (Lipinski definition) is 3. The van der Waals surface area contributed by atoms with Crippen LogP contribution in [0, 0.1) is 0 Å². The van der Waals surface area contributed by atoms with Crippen molar-refractivity contribution in [1.29, 1.82) is 0 Å². The molecule has 1 aromatic heterocycles. The summed E-state index contributed by atoms with van der Waals surface area (Å²) in [5.74, 6) is 1.77. The summed E-state index contributed by atoms with van der Waals surface area (Å²) in [4.78, 5) is 19.7. The summed E-state index contributed by atoms with van der Waals surface area (Å²) in [6, 6.07) is 0.118. The second-order valence-corrected chi connectivity index (χ2v) is 4.40. The molecule has 0 saturated carbocycles. The van der Waals surface area contributed by atoms with Gasteiger partial charge in [0.25, 0.3) is 0 Å². The fraction of sp³-hybridized carbons (Fsp3) is 0.583. The SMILES string of the molecule is CCCc1c(NC)ncnc1NC1CNC(=O)C1. The fourth-order valence-electron chi connectivity index (χ4n) is 2.14. The molecule has 6 heteroatoms. The predicted molar refractivity (Wildman–Crippen MR) is 70.6 cm³/mol. The molecule has 0 spiro atoms. The molecule has 6 nitrogen and oxygen atoms in total. The predicted octanol–water partition coefficient (Wildman–Crippen LogP) is 0.771. The van der Waals surface area contributed by atoms with Crippen LogP contribution in [0.2, 0.25) is 0 Å². The molecule has 2 rings (SSSR count). The second-order valence-electron chi connectivity index (χ2n) is 4.40. The van der Waals surface area contributed by atoms with Gasteiger partial charge < -0.3 is 16.0 Å². The molecule has 0 bridgehead atoms. The standard InChI is InChI=1S/C12H19N5O/c1-3-4-9-11(13-2)15-7-16-12(9)17-8-5-10(18)14-6-8/h7-8H,3-6H2,1-2H3,(H,14,18)(H2,13,15,16,17). The van der Waals surface area contributed by atoms with Crippen LogP contribution in [0.4, 0.5) is 11.6 Å². The van der Waals surface area contributed by atoms with Crippen LogP contribution in [-0.2, 0) is 11.2 Å². The summed E-state index contributed by atoms with van der Waals surface area (Å²) in [5, 5.41) is 9.22. The van der Waals surface area contributed by atoms with Crippen LogP contribution in [0.3, 0.4) is 0 Å². The Balaban J connectivity index is 2.18. The maximum atomic E-state index is 11.2. The fourth-order valence-corrected chi connectivity index (χ4v) is 2.14. The lowest BCUT2D eigenvalue weighted by Crippen LogP contribution is -2.24. The van der Waals surface area contributed by atoms with E-state index in [-0.39, 0.29) is 11.9 Å². The minimum absolute atomic E-state index is 0.0902. The van der Waals surface area contributed by atoms with Crippen molar-refractivity contribution in [2.75, 3.05) is 24.2 Å². The molecule has 0 aromatic carbocycles. The van der Waals surface area contributed by atoms with Gasteiger partial charge in [-0.05, 0) is 6.42 Å². The van der Waals surface area contributed by atoms with Gasteiger partial charge in [0, 0.05) is 25.6 Å². The van der Waals surface area contributed by atoms with E-state index in [9.17, 15) is 4.79 Å². The summed E-state index contributed by atoms with van der Waals surface area (Å²) in [5.41, 5.74) is 1.09. The Morgan fingerprint density at radius 2 is 2.22 bits per heavy atom. The molecule has 2 heterocycles. The maximum Gasteiger partial charge on any atom is 0.222 e. The van der Waals surface area contributed by atoms with E-state index in [0.717, 1.165) is 30.0 Å². The van der Waals surface area contributed by atoms with Crippen LogP contribution in [-0.4, -0.2) is 35.5 Å². The molecule has 98 valence electrons. The van der Waals surface area contributed by atoms with Crippen molar-refractivity contribution in [2.45, 2.75) is 32.2 Å². The van der Waals surface area contributed by atoms with E-state index in [1.54, 1.807) is 0 Å². The number of aromatic nitrogens is 2. The minimum atomic E-state index is 0.0902. The number of rotatable bonds is 5. The number of amides is 1. The lowest BCUT2D eigenvalue weighted by Gasteiger charge is -2.16. The van der Waals surface area contributed by atoms with Crippen molar-refractivity contribution in [1.82, 2.24) is 15.3 Å². The zero-order chi connectivity index (χ0) is 13.0. The van der Waals surface area contributed by atoms with Crippen molar-refractivity contribution in [3.63, 3.8) is 0 Å². The molecule has 1 aliphatic heterocycles. The summed E-state index contributed by atoms with van der Waals surface area (Å²) in [6.45, 7) is 2.78. The van der Waals surface area contributed by atoms with Crippen LogP contribution in [0.5, 0.6) is 0 Å². The van der Waals surface area contributed by atoms with E-state index in [1.807, 2.05) is 7.05 Å². The highest BCUT2D eigenvalue weighted by Crippen LogP contribution is 2.22. The van der Waals surface area contributed by atoms with Gasteiger partial charge in [0.2, 0.25) is 5.91 Å². The summed E-state index contributed by atoms with van der Waals surface area (Å²) in [6.07, 6.45) is 3.98. The van der Waals surface area contributed by atoms with Crippen molar-refractivity contribution in [3.8, 4) is 0 Å². The Bertz CT molecular complexity index is 434. The second kappa shape index (κ2) is 5.66. The minimum Gasteiger partial charge on any atom is -0.373 e. The highest BCUT2D eigenvalue weighted by molar-refractivity contribution is 5.79. The van der Waals surface area contributed by atoms with Crippen molar-refractivity contribution in [3.05, 3.63) is 11.9 Å². The molecule has 18 heavy (non-hydrogen) atoms. The summed E-state index contributed by atoms with van der Waals surface area (Å²) in [7, 11) is 1.85. The highest BCUT2D eigenvalue weighted by atomic mass is 16.1. The summed E-state index contributed by atoms with van der Waals surface area (Å²) >= 11 is 0. The number of carbonyl (C=O) groups is 1. The van der Waals surface area contributed by atoms with Gasteiger partial charge in [0.15, 0.2) is 0 Å². The van der Waals surface area contributed by atoms with Gasteiger partial charge in [-0.15, -0.1) is 0 Å². The lowest BCUT2D eigenvalue weighted by atomic mass is 10.1. The number of nitrogens with one attached hydrogen (secondary N) is 3. The Labute approximate surface area is 107 Å². The first kappa shape index (κ1) is 12.6. The normalized spacial score (nSPS) is 18.6. The average Bonchev–Trinajstić information content (AvgIpc) is 2.77. The Morgan fingerprint density at radius 3 is 2.83 bits per heavy atom. The zero-order valence-corrected chi connectivity index (χ0v) is 10.8. The first-order valence-corrected chi connectivity index (χ1v) is 6.29. The molecule has 1 fully saturated rings. The Morgan fingerprint density at radius 1 is 1.44 bits per heavy atom. The average molecular weight is 249 g/mol. The van der Waals surface area contributed by atoms with Crippen LogP contribution in [0.1, 0.15) is 25.3 Å². The van der Waals surface area contributed by atoms with Crippen LogP contribution >= 0.6 is 0 Å². The van der Waals surface area contributed by atoms with Crippen molar-refractivity contribution < 1.29 is 4.79 Å². The van der Waals surface area contributed by atoms with E-state index < -0.39 is 0 Å². The molecular weight excluding hydrogens is 230 g/mol. The van der Waals surface area contributed by atoms with E-state index in [1.165, 1.54) is 6.33 Å². The molecule has 1 atom stereocenters. The number of carbonyl (C=O) groups excluding carboxylic acids is 1. The quantitative estimate of drug-likeness (QED) is 0.718. The monoisotopic (exact) mass is 249 g/mol. The van der Waals surface area contributed by atoms with E-state index in [4.69, 9.17) is 0 Å². The first-order valence-electron chi connectivity index (χ1n) is 6.29. The van der Waals surface area contributed by atoms with Gasteiger partial charge >= 0.3 is 0 Å². The smallest absolute Gasteiger partial charge is 0.222 e. The van der Waals surface area contributed by atoms with Gasteiger partial charge in [-0.25, -0.2) is 9.97 Å². The zero-order valence-electron chi connectivity index (χ0n) is 10.8. The first-order chi connectivity index (χ1) is 8.74. The van der Waals surface area contributed by atoms with E-state index >= 15 is 0 Å². The summed E-state index contributed by atoms with van der Waals surface area (Å²) < 4.78 is 0. The third-order valence-electron chi connectivity index (χ3n) is 3.00. The maximum absolute atomic E-state index is 11.2. The molecule has 1 aliphatic rings. The van der Waals surface area contributed by atoms with Gasteiger partial charge in [-0.2, -0.15) is 0 Å². The van der Waals surface area contributed by atoms with Crippen molar-refractivity contribution >= 4 is 17.5 Å². The molecule has 1 aromatic rings. The number of anilines is 2. The lowest BCUT2D eigenvalue weighted by molar-refractivity contribution is -0.119. The molecule has 1 amide bonds. The number of nitrogens with zero attached hydrogens (tertiary/aromatic N) is 2. The van der Waals surface area contributed by atoms with Crippen molar-refractivity contribution in [2.24, 2.45) is 0 Å². The van der Waals surface area contributed by atoms with Gasteiger partial charge in [-0.1, -0.05) is 13.3 Å². The Kier molecular flexibility index (Phi) is 3.96. The van der Waals surface area contributed by atoms with Crippen LogP contribution < -0.4 is 16.0 Å². The molecule has 3 N–H and O–H groups in total. The van der Waals surface area contributed by atoms with Gasteiger partial charge in [0.1, 0.15) is 18.0 Å². The molecule has 0 aliphatic carbocycles. The van der Waals surface area contributed by atoms with E-state index in [2.05, 4.69) is 32.8 Å². The highest BCUT2D eigenvalue weighted by Gasteiger charge is 2.22. The third kappa shape index (κ3) is 2.69. The van der Waals surface area contributed by atoms with Gasteiger partial charge in [0.05, 0.1) is 6.04 Å². The van der Waals surface area contributed by atoms with Crippen LogP contribution in [0.25, 0.3) is 0 Å². The Hall–Kier alpha value is -1.85. The topological polar surface area (TPSA) is 78.9 Å². The van der Waals surface area contributed by atoms with Crippen LogP contribution in [0.15, 0.2) is 6.33 Å². The van der Waals surface area contributed by atoms with Gasteiger partial charge in [-0.3, -0.25) is 4.79 Å². The molecule has 1 unspecified atom stereocenters. The third-order valence-corrected chi connectivity index (χ3v) is 3.00. The molecular formula is C12H19N5O. The molecule has 1 saturated heterocycles.